The number of rotatable bonds is 4. The summed E-state index contributed by atoms with van der Waals surface area (Å²) in [5, 5.41) is 14.6. The number of pyridine rings is 1. The molecule has 1 atom stereocenters. The Kier molecular flexibility index (Phi) is 5.37. The molecule has 166 valence electrons. The molecule has 0 fully saturated rings. The number of aromatic nitrogens is 1. The molecule has 1 aromatic heterocycles. The molecule has 0 aliphatic carbocycles. The van der Waals surface area contributed by atoms with Gasteiger partial charge in [-0.1, -0.05) is 30.3 Å². The maximum Gasteiger partial charge on any atom is 0.438 e. The van der Waals surface area contributed by atoms with Gasteiger partial charge in [0, 0.05) is 23.1 Å². The average Bonchev–Trinajstić information content (AvgIpc) is 3.08. The van der Waals surface area contributed by atoms with Gasteiger partial charge in [0.1, 0.15) is 5.75 Å². The quantitative estimate of drug-likeness (QED) is 0.630. The lowest BCUT2D eigenvalue weighted by atomic mass is 10.0. The van der Waals surface area contributed by atoms with Crippen molar-refractivity contribution in [3.05, 3.63) is 60.2 Å². The van der Waals surface area contributed by atoms with Crippen molar-refractivity contribution in [1.29, 1.82) is 0 Å². The van der Waals surface area contributed by atoms with Crippen LogP contribution in [0, 0.1) is 0 Å². The number of aliphatic hydroxyl groups is 1. The van der Waals surface area contributed by atoms with Crippen molar-refractivity contribution in [1.82, 2.24) is 9.99 Å². The first-order valence-corrected chi connectivity index (χ1v) is 9.95. The zero-order chi connectivity index (χ0) is 23.1. The van der Waals surface area contributed by atoms with Crippen LogP contribution in [0.1, 0.15) is 30.6 Å². The first-order chi connectivity index (χ1) is 15.1. The summed E-state index contributed by atoms with van der Waals surface area (Å²) in [5.74, 6) is -0.471. The van der Waals surface area contributed by atoms with Crippen LogP contribution in [0.25, 0.3) is 22.2 Å². The smallest absolute Gasteiger partial charge is 0.438 e. The lowest BCUT2D eigenvalue weighted by Crippen LogP contribution is -2.56. The van der Waals surface area contributed by atoms with Crippen LogP contribution in [0.2, 0.25) is 0 Å². The Bertz CT molecular complexity index is 1230. The molecule has 0 saturated heterocycles. The van der Waals surface area contributed by atoms with E-state index in [0.717, 1.165) is 0 Å². The number of hydrogen-bond donors (Lipinski definition) is 1. The van der Waals surface area contributed by atoms with Crippen LogP contribution in [-0.2, 0) is 0 Å². The Morgan fingerprint density at radius 2 is 1.94 bits per heavy atom. The normalized spacial score (nSPS) is 18.7. The average molecular weight is 443 g/mol. The molecular weight excluding hydrogens is 423 g/mol. The predicted octanol–water partition coefficient (Wildman–Crippen LogP) is 4.77. The topological polar surface area (TPSA) is 75.0 Å². The molecule has 0 spiro atoms. The molecule has 0 unspecified atom stereocenters. The van der Waals surface area contributed by atoms with Crippen LogP contribution in [-0.4, -0.2) is 45.2 Å². The van der Waals surface area contributed by atoms with E-state index in [2.05, 4.69) is 10.1 Å². The van der Waals surface area contributed by atoms with Crippen molar-refractivity contribution < 1.29 is 27.8 Å². The molecule has 0 radical (unpaired) electrons. The largest absolute Gasteiger partial charge is 0.494 e. The third-order valence-electron chi connectivity index (χ3n) is 5.16. The van der Waals surface area contributed by atoms with E-state index in [4.69, 9.17) is 4.74 Å². The highest BCUT2D eigenvalue weighted by atomic mass is 19.4. The molecule has 2 aromatic carbocycles. The van der Waals surface area contributed by atoms with Crippen molar-refractivity contribution in [3.63, 3.8) is 0 Å². The van der Waals surface area contributed by atoms with E-state index in [1.54, 1.807) is 48.5 Å². The number of carbonyl (C=O) groups excluding carboxylic acids is 1. The number of fused-ring (bicyclic) bond motifs is 1. The number of ether oxygens (including phenoxy) is 1. The molecule has 1 aliphatic rings. The molecule has 9 heteroatoms. The summed E-state index contributed by atoms with van der Waals surface area (Å²) in [5.41, 5.74) is -2.03. The molecule has 32 heavy (non-hydrogen) atoms. The Hall–Kier alpha value is -3.46. The molecule has 1 aliphatic heterocycles. The first-order valence-electron chi connectivity index (χ1n) is 9.95. The number of hydrazone groups is 1. The van der Waals surface area contributed by atoms with Crippen LogP contribution >= 0.6 is 0 Å². The van der Waals surface area contributed by atoms with Gasteiger partial charge in [-0.05, 0) is 38.1 Å². The summed E-state index contributed by atoms with van der Waals surface area (Å²) < 4.78 is 46.5. The third kappa shape index (κ3) is 3.69. The van der Waals surface area contributed by atoms with Crippen LogP contribution < -0.4 is 4.74 Å². The van der Waals surface area contributed by atoms with Crippen molar-refractivity contribution in [2.24, 2.45) is 5.10 Å². The van der Waals surface area contributed by atoms with E-state index >= 15 is 0 Å². The number of para-hydroxylation sites is 1. The molecular formula is C23H20F3N3O3. The van der Waals surface area contributed by atoms with Gasteiger partial charge in [-0.25, -0.2) is 4.98 Å². The second kappa shape index (κ2) is 7.90. The zero-order valence-electron chi connectivity index (χ0n) is 17.3. The summed E-state index contributed by atoms with van der Waals surface area (Å²) in [4.78, 5) is 17.9. The third-order valence-corrected chi connectivity index (χ3v) is 5.16. The number of alkyl halides is 3. The fourth-order valence-electron chi connectivity index (χ4n) is 3.68. The van der Waals surface area contributed by atoms with Gasteiger partial charge < -0.3 is 9.84 Å². The minimum absolute atomic E-state index is 0.00109. The summed E-state index contributed by atoms with van der Waals surface area (Å²) in [6, 6.07) is 15.1. The lowest BCUT2D eigenvalue weighted by Gasteiger charge is -2.32. The van der Waals surface area contributed by atoms with Gasteiger partial charge in [-0.3, -0.25) is 4.79 Å². The number of nitrogens with zero attached hydrogens (tertiary/aromatic N) is 3. The van der Waals surface area contributed by atoms with Crippen LogP contribution in [0.15, 0.2) is 59.7 Å². The highest BCUT2D eigenvalue weighted by Crippen LogP contribution is 2.41. The minimum Gasteiger partial charge on any atom is -0.494 e. The molecule has 1 amide bonds. The van der Waals surface area contributed by atoms with Crippen LogP contribution in [0.4, 0.5) is 13.2 Å². The number of halogens is 3. The van der Waals surface area contributed by atoms with Gasteiger partial charge in [0.25, 0.3) is 11.6 Å². The first kappa shape index (κ1) is 21.8. The Labute approximate surface area is 181 Å². The van der Waals surface area contributed by atoms with Crippen molar-refractivity contribution in [2.75, 3.05) is 6.61 Å². The second-order valence-electron chi connectivity index (χ2n) is 7.48. The van der Waals surface area contributed by atoms with E-state index in [-0.39, 0.29) is 16.3 Å². The fourth-order valence-corrected chi connectivity index (χ4v) is 3.68. The Balaban J connectivity index is 1.87. The van der Waals surface area contributed by atoms with E-state index in [0.29, 0.717) is 34.5 Å². The summed E-state index contributed by atoms with van der Waals surface area (Å²) in [6.07, 6.45) is -5.89. The SMILES string of the molecule is CCOc1cccc(-c2cc(C(=O)N3N=C(C)C[C@@]3(O)C(F)(F)F)c3ccccc3n2)c1. The Morgan fingerprint density at radius 1 is 1.19 bits per heavy atom. The van der Waals surface area contributed by atoms with Crippen LogP contribution in [0.5, 0.6) is 5.75 Å². The molecule has 0 saturated carbocycles. The monoisotopic (exact) mass is 443 g/mol. The number of carbonyl (C=O) groups is 1. The van der Waals surface area contributed by atoms with Gasteiger partial charge >= 0.3 is 6.18 Å². The molecule has 4 rings (SSSR count). The van der Waals surface area contributed by atoms with Gasteiger partial charge in [0.05, 0.1) is 23.4 Å². The minimum atomic E-state index is -5.08. The van der Waals surface area contributed by atoms with E-state index in [1.165, 1.54) is 13.0 Å². The molecule has 6 nitrogen and oxygen atoms in total. The van der Waals surface area contributed by atoms with Gasteiger partial charge in [0.15, 0.2) is 0 Å². The van der Waals surface area contributed by atoms with Crippen molar-refractivity contribution >= 4 is 22.5 Å². The molecule has 2 heterocycles. The van der Waals surface area contributed by atoms with Gasteiger partial charge in [-0.15, -0.1) is 0 Å². The second-order valence-corrected chi connectivity index (χ2v) is 7.48. The zero-order valence-corrected chi connectivity index (χ0v) is 17.3. The predicted molar refractivity (Wildman–Crippen MR) is 113 cm³/mol. The molecule has 0 bridgehead atoms. The lowest BCUT2D eigenvalue weighted by molar-refractivity contribution is -0.297. The summed E-state index contributed by atoms with van der Waals surface area (Å²) in [6.45, 7) is 3.64. The highest BCUT2D eigenvalue weighted by molar-refractivity contribution is 6.08. The number of hydrogen-bond acceptors (Lipinski definition) is 5. The maximum absolute atomic E-state index is 13.7. The van der Waals surface area contributed by atoms with Gasteiger partial charge in [0.2, 0.25) is 0 Å². The molecule has 1 N–H and O–H groups in total. The van der Waals surface area contributed by atoms with E-state index in [9.17, 15) is 23.1 Å². The van der Waals surface area contributed by atoms with Gasteiger partial charge in [-0.2, -0.15) is 23.3 Å². The van der Waals surface area contributed by atoms with Crippen molar-refractivity contribution in [3.8, 4) is 17.0 Å². The highest BCUT2D eigenvalue weighted by Gasteiger charge is 2.62. The number of amides is 1. The van der Waals surface area contributed by atoms with E-state index < -0.39 is 24.2 Å². The molecule has 3 aromatic rings. The van der Waals surface area contributed by atoms with Crippen molar-refractivity contribution in [2.45, 2.75) is 32.2 Å². The summed E-state index contributed by atoms with van der Waals surface area (Å²) >= 11 is 0. The van der Waals surface area contributed by atoms with E-state index in [1.807, 2.05) is 6.92 Å². The fraction of sp³-hybridized carbons (Fsp3) is 0.261. The Morgan fingerprint density at radius 3 is 2.66 bits per heavy atom. The summed E-state index contributed by atoms with van der Waals surface area (Å²) in [7, 11) is 0. The maximum atomic E-state index is 13.7. The van der Waals surface area contributed by atoms with Crippen LogP contribution in [0.3, 0.4) is 0 Å². The number of benzene rings is 2. The standard InChI is InChI=1S/C23H20F3N3O3/c1-3-32-16-8-6-7-15(11-16)20-12-18(17-9-4-5-10-19(17)27-20)21(30)29-22(31,23(24,25)26)13-14(2)28-29/h4-12,31H,3,13H2,1-2H3/t22-/m1/s1.